The van der Waals surface area contributed by atoms with Crippen molar-refractivity contribution in [3.05, 3.63) is 22.4 Å². The molecule has 0 aliphatic carbocycles. The molecule has 0 radical (unpaired) electrons. The average molecular weight is 319 g/mol. The van der Waals surface area contributed by atoms with E-state index in [2.05, 4.69) is 5.32 Å². The third-order valence-corrected chi connectivity index (χ3v) is 4.43. The van der Waals surface area contributed by atoms with E-state index in [0.29, 0.717) is 11.4 Å². The maximum atomic E-state index is 11.9. The third kappa shape index (κ3) is 5.23. The zero-order chi connectivity index (χ0) is 14.3. The second kappa shape index (κ2) is 9.10. The molecule has 0 saturated heterocycles. The van der Waals surface area contributed by atoms with Gasteiger partial charge in [0.2, 0.25) is 5.91 Å². The van der Waals surface area contributed by atoms with E-state index >= 15 is 0 Å². The summed E-state index contributed by atoms with van der Waals surface area (Å²) >= 11 is 1.41. The first-order valence-electron chi connectivity index (χ1n) is 6.64. The van der Waals surface area contributed by atoms with E-state index in [-0.39, 0.29) is 42.5 Å². The molecule has 6 heteroatoms. The van der Waals surface area contributed by atoms with Crippen LogP contribution in [0.1, 0.15) is 49.2 Å². The molecule has 20 heavy (non-hydrogen) atoms. The summed E-state index contributed by atoms with van der Waals surface area (Å²) in [6.45, 7) is 4.44. The molecular weight excluding hydrogens is 296 g/mol. The highest BCUT2D eigenvalue weighted by Gasteiger charge is 2.26. The summed E-state index contributed by atoms with van der Waals surface area (Å²) in [4.78, 5) is 24.4. The first-order chi connectivity index (χ1) is 9.06. The van der Waals surface area contributed by atoms with Crippen molar-refractivity contribution in [1.82, 2.24) is 5.32 Å². The van der Waals surface area contributed by atoms with Gasteiger partial charge in [0, 0.05) is 19.4 Å². The largest absolute Gasteiger partial charge is 0.349 e. The Hall–Kier alpha value is -0.910. The summed E-state index contributed by atoms with van der Waals surface area (Å²) in [5.74, 6) is -0.0736. The van der Waals surface area contributed by atoms with E-state index in [4.69, 9.17) is 5.73 Å². The SMILES string of the molecule is CCC(CC)(CN)NC(=O)CCC(=O)c1cccs1.Cl. The van der Waals surface area contributed by atoms with Gasteiger partial charge in [0.25, 0.3) is 0 Å². The number of hydrogen-bond acceptors (Lipinski definition) is 4. The number of ketones is 1. The Labute approximate surface area is 130 Å². The Bertz CT molecular complexity index is 409. The van der Waals surface area contributed by atoms with Gasteiger partial charge in [-0.2, -0.15) is 0 Å². The van der Waals surface area contributed by atoms with Crippen LogP contribution in [0.15, 0.2) is 17.5 Å². The number of rotatable bonds is 8. The van der Waals surface area contributed by atoms with Crippen molar-refractivity contribution < 1.29 is 9.59 Å². The lowest BCUT2D eigenvalue weighted by atomic mass is 9.92. The molecule has 0 unspecified atom stereocenters. The van der Waals surface area contributed by atoms with Crippen LogP contribution in [0.4, 0.5) is 0 Å². The van der Waals surface area contributed by atoms with Gasteiger partial charge in [-0.1, -0.05) is 19.9 Å². The molecule has 0 aliphatic rings. The van der Waals surface area contributed by atoms with Gasteiger partial charge in [-0.25, -0.2) is 0 Å². The summed E-state index contributed by atoms with van der Waals surface area (Å²) in [6, 6.07) is 3.62. The normalized spacial score (nSPS) is 10.8. The predicted molar refractivity (Wildman–Crippen MR) is 85.6 cm³/mol. The number of amides is 1. The first-order valence-corrected chi connectivity index (χ1v) is 7.52. The molecule has 0 spiro atoms. The van der Waals surface area contributed by atoms with Crippen molar-refractivity contribution >= 4 is 35.4 Å². The maximum Gasteiger partial charge on any atom is 0.220 e. The van der Waals surface area contributed by atoms with Gasteiger partial charge in [0.1, 0.15) is 0 Å². The molecule has 114 valence electrons. The fourth-order valence-corrected chi connectivity index (χ4v) is 2.61. The van der Waals surface area contributed by atoms with Crippen LogP contribution in [0, 0.1) is 0 Å². The minimum absolute atomic E-state index is 0. The van der Waals surface area contributed by atoms with E-state index < -0.39 is 0 Å². The minimum Gasteiger partial charge on any atom is -0.349 e. The number of hydrogen-bond donors (Lipinski definition) is 2. The highest BCUT2D eigenvalue weighted by atomic mass is 35.5. The van der Waals surface area contributed by atoms with Crippen molar-refractivity contribution in [2.45, 2.75) is 45.1 Å². The summed E-state index contributed by atoms with van der Waals surface area (Å²) in [7, 11) is 0. The molecule has 0 bridgehead atoms. The maximum absolute atomic E-state index is 11.9. The standard InChI is InChI=1S/C14H22N2O2S.ClH/c1-3-14(4-2,10-15)16-13(18)8-7-11(17)12-6-5-9-19-12;/h5-6,9H,3-4,7-8,10,15H2,1-2H3,(H,16,18);1H. The van der Waals surface area contributed by atoms with Crippen LogP contribution in [0.2, 0.25) is 0 Å². The summed E-state index contributed by atoms with van der Waals surface area (Å²) in [5, 5.41) is 4.83. The average Bonchev–Trinajstić information content (AvgIpc) is 2.96. The Morgan fingerprint density at radius 2 is 1.95 bits per heavy atom. The van der Waals surface area contributed by atoms with Crippen LogP contribution in [-0.4, -0.2) is 23.8 Å². The van der Waals surface area contributed by atoms with Gasteiger partial charge in [-0.3, -0.25) is 9.59 Å². The zero-order valence-corrected chi connectivity index (χ0v) is 13.6. The smallest absolute Gasteiger partial charge is 0.220 e. The number of carbonyl (C=O) groups is 2. The van der Waals surface area contributed by atoms with Crippen LogP contribution in [0.3, 0.4) is 0 Å². The van der Waals surface area contributed by atoms with Crippen LogP contribution in [-0.2, 0) is 4.79 Å². The van der Waals surface area contributed by atoms with E-state index in [1.807, 2.05) is 25.3 Å². The molecule has 0 aliphatic heterocycles. The van der Waals surface area contributed by atoms with Gasteiger partial charge in [-0.15, -0.1) is 23.7 Å². The molecular formula is C14H23ClN2O2S. The van der Waals surface area contributed by atoms with Gasteiger partial charge >= 0.3 is 0 Å². The minimum atomic E-state index is -0.330. The molecule has 0 aromatic carbocycles. The fourth-order valence-electron chi connectivity index (χ4n) is 1.91. The lowest BCUT2D eigenvalue weighted by molar-refractivity contribution is -0.123. The summed E-state index contributed by atoms with van der Waals surface area (Å²) < 4.78 is 0. The van der Waals surface area contributed by atoms with Gasteiger partial charge < -0.3 is 11.1 Å². The van der Waals surface area contributed by atoms with Crippen LogP contribution >= 0.6 is 23.7 Å². The number of nitrogens with one attached hydrogen (secondary N) is 1. The van der Waals surface area contributed by atoms with Crippen molar-refractivity contribution in [1.29, 1.82) is 0 Å². The zero-order valence-electron chi connectivity index (χ0n) is 12.0. The van der Waals surface area contributed by atoms with Crippen molar-refractivity contribution in [3.8, 4) is 0 Å². The molecule has 3 N–H and O–H groups in total. The van der Waals surface area contributed by atoms with E-state index in [1.165, 1.54) is 11.3 Å². The van der Waals surface area contributed by atoms with Crippen LogP contribution in [0.25, 0.3) is 0 Å². The summed E-state index contributed by atoms with van der Waals surface area (Å²) in [6.07, 6.45) is 2.06. The molecule has 0 saturated carbocycles. The molecule has 0 fully saturated rings. The van der Waals surface area contributed by atoms with Gasteiger partial charge in [0.05, 0.1) is 10.4 Å². The predicted octanol–water partition coefficient (Wildman–Crippen LogP) is 2.77. The molecule has 0 atom stereocenters. The Morgan fingerprint density at radius 3 is 2.40 bits per heavy atom. The van der Waals surface area contributed by atoms with Gasteiger partial charge in [-0.05, 0) is 24.3 Å². The molecule has 1 rings (SSSR count). The van der Waals surface area contributed by atoms with Crippen molar-refractivity contribution in [2.24, 2.45) is 5.73 Å². The number of thiophene rings is 1. The molecule has 1 aromatic rings. The van der Waals surface area contributed by atoms with E-state index in [9.17, 15) is 9.59 Å². The topological polar surface area (TPSA) is 72.2 Å². The highest BCUT2D eigenvalue weighted by Crippen LogP contribution is 2.15. The molecule has 1 amide bonds. The third-order valence-electron chi connectivity index (χ3n) is 3.52. The van der Waals surface area contributed by atoms with Crippen LogP contribution < -0.4 is 11.1 Å². The second-order valence-corrected chi connectivity index (χ2v) is 5.59. The quantitative estimate of drug-likeness (QED) is 0.724. The van der Waals surface area contributed by atoms with Crippen molar-refractivity contribution in [2.75, 3.05) is 6.54 Å². The summed E-state index contributed by atoms with van der Waals surface area (Å²) in [5.41, 5.74) is 5.40. The lowest BCUT2D eigenvalue weighted by Crippen LogP contribution is -2.52. The van der Waals surface area contributed by atoms with Gasteiger partial charge in [0.15, 0.2) is 5.78 Å². The first kappa shape index (κ1) is 19.1. The molecule has 4 nitrogen and oxygen atoms in total. The fraction of sp³-hybridized carbons (Fsp3) is 0.571. The number of Topliss-reactive ketones (excluding diaryl/α,β-unsaturated/α-hetero) is 1. The Morgan fingerprint density at radius 1 is 1.30 bits per heavy atom. The molecule has 1 heterocycles. The highest BCUT2D eigenvalue weighted by molar-refractivity contribution is 7.12. The molecule has 1 aromatic heterocycles. The Balaban J connectivity index is 0.00000361. The van der Waals surface area contributed by atoms with E-state index in [1.54, 1.807) is 6.07 Å². The Kier molecular flexibility index (Phi) is 8.69. The van der Waals surface area contributed by atoms with E-state index in [0.717, 1.165) is 12.8 Å². The lowest BCUT2D eigenvalue weighted by Gasteiger charge is -2.31. The van der Waals surface area contributed by atoms with Crippen molar-refractivity contribution in [3.63, 3.8) is 0 Å². The monoisotopic (exact) mass is 318 g/mol. The number of carbonyl (C=O) groups excluding carboxylic acids is 2. The van der Waals surface area contributed by atoms with Crippen LogP contribution in [0.5, 0.6) is 0 Å². The second-order valence-electron chi connectivity index (χ2n) is 4.64. The number of halogens is 1. The number of nitrogens with two attached hydrogens (primary N) is 1.